The third kappa shape index (κ3) is 2.73. The van der Waals surface area contributed by atoms with E-state index in [9.17, 15) is 0 Å². The zero-order valence-corrected chi connectivity index (χ0v) is 7.87. The van der Waals surface area contributed by atoms with Gasteiger partial charge in [-0.25, -0.2) is 0 Å². The highest BCUT2D eigenvalue weighted by Gasteiger charge is 2.20. The molecular weight excluding hydrogens is 152 g/mol. The Hall–Kier alpha value is -0.120. The molecule has 1 rings (SSSR count). The zero-order chi connectivity index (χ0) is 8.97. The molecule has 1 aliphatic rings. The maximum atomic E-state index is 8.73. The minimum Gasteiger partial charge on any atom is -0.395 e. The van der Waals surface area contributed by atoms with E-state index in [1.165, 1.54) is 12.8 Å². The zero-order valence-electron chi connectivity index (χ0n) is 7.87. The summed E-state index contributed by atoms with van der Waals surface area (Å²) >= 11 is 0. The highest BCUT2D eigenvalue weighted by molar-refractivity contribution is 4.77. The predicted octanol–water partition coefficient (Wildman–Crippen LogP) is 0.0379. The van der Waals surface area contributed by atoms with Crippen LogP contribution in [0.4, 0.5) is 0 Å². The molecule has 0 aromatic rings. The Morgan fingerprint density at radius 2 is 2.08 bits per heavy atom. The lowest BCUT2D eigenvalue weighted by Crippen LogP contribution is -2.40. The van der Waals surface area contributed by atoms with E-state index in [1.54, 1.807) is 0 Å². The van der Waals surface area contributed by atoms with Gasteiger partial charge in [0.1, 0.15) is 0 Å². The van der Waals surface area contributed by atoms with E-state index < -0.39 is 0 Å². The Balaban J connectivity index is 2.20. The third-order valence-corrected chi connectivity index (χ3v) is 2.79. The molecule has 0 unspecified atom stereocenters. The lowest BCUT2D eigenvalue weighted by molar-refractivity contribution is 0.140. The number of β-amino-alcohol motifs (C(OH)–C–C–N with tert-alkyl or cyclic N) is 1. The van der Waals surface area contributed by atoms with Gasteiger partial charge in [0.15, 0.2) is 0 Å². The van der Waals surface area contributed by atoms with Gasteiger partial charge in [0.2, 0.25) is 0 Å². The Labute approximate surface area is 74.5 Å². The van der Waals surface area contributed by atoms with Gasteiger partial charge in [0.25, 0.3) is 0 Å². The summed E-state index contributed by atoms with van der Waals surface area (Å²) in [5, 5.41) is 8.73. The molecular formula is C9H20N2O. The van der Waals surface area contributed by atoms with Crippen LogP contribution in [0.2, 0.25) is 0 Å². The number of hydrogen-bond acceptors (Lipinski definition) is 3. The summed E-state index contributed by atoms with van der Waals surface area (Å²) in [7, 11) is 0. The van der Waals surface area contributed by atoms with Crippen molar-refractivity contribution in [2.24, 2.45) is 11.7 Å². The minimum atomic E-state index is 0.281. The molecule has 0 radical (unpaired) electrons. The fourth-order valence-electron chi connectivity index (χ4n) is 1.84. The van der Waals surface area contributed by atoms with Gasteiger partial charge in [0.05, 0.1) is 6.61 Å². The molecule has 0 spiro atoms. The van der Waals surface area contributed by atoms with Gasteiger partial charge in [-0.3, -0.25) is 0 Å². The standard InChI is InChI=1S/C9H20N2O/c1-8(10)9-2-4-11(5-3-9)6-7-12/h8-9,12H,2-7,10H2,1H3/t8-/m1/s1. The Morgan fingerprint density at radius 3 is 2.50 bits per heavy atom. The van der Waals surface area contributed by atoms with E-state index in [2.05, 4.69) is 11.8 Å². The van der Waals surface area contributed by atoms with Crippen LogP contribution in [0.15, 0.2) is 0 Å². The van der Waals surface area contributed by atoms with Crippen LogP contribution in [0.25, 0.3) is 0 Å². The molecule has 1 heterocycles. The molecule has 1 saturated heterocycles. The second-order valence-electron chi connectivity index (χ2n) is 3.76. The van der Waals surface area contributed by atoms with Gasteiger partial charge in [-0.05, 0) is 38.8 Å². The summed E-state index contributed by atoms with van der Waals surface area (Å²) in [4.78, 5) is 2.30. The molecule has 0 aromatic carbocycles. The second-order valence-corrected chi connectivity index (χ2v) is 3.76. The first-order valence-corrected chi connectivity index (χ1v) is 4.83. The van der Waals surface area contributed by atoms with Crippen molar-refractivity contribution in [3.05, 3.63) is 0 Å². The SMILES string of the molecule is C[C@@H](N)C1CCN(CCO)CC1. The fraction of sp³-hybridized carbons (Fsp3) is 1.00. The fourth-order valence-corrected chi connectivity index (χ4v) is 1.84. The van der Waals surface area contributed by atoms with Gasteiger partial charge < -0.3 is 15.7 Å². The number of aliphatic hydroxyl groups is 1. The molecule has 1 aliphatic heterocycles. The van der Waals surface area contributed by atoms with Crippen molar-refractivity contribution in [2.75, 3.05) is 26.2 Å². The average Bonchev–Trinajstić information content (AvgIpc) is 2.06. The van der Waals surface area contributed by atoms with E-state index in [-0.39, 0.29) is 6.61 Å². The Morgan fingerprint density at radius 1 is 1.50 bits per heavy atom. The third-order valence-electron chi connectivity index (χ3n) is 2.79. The monoisotopic (exact) mass is 172 g/mol. The highest BCUT2D eigenvalue weighted by atomic mass is 16.3. The largest absolute Gasteiger partial charge is 0.395 e. The number of piperidine rings is 1. The van der Waals surface area contributed by atoms with Crippen LogP contribution in [-0.2, 0) is 0 Å². The van der Waals surface area contributed by atoms with E-state index >= 15 is 0 Å². The van der Waals surface area contributed by atoms with Gasteiger partial charge >= 0.3 is 0 Å². The number of nitrogens with two attached hydrogens (primary N) is 1. The molecule has 1 atom stereocenters. The molecule has 3 heteroatoms. The van der Waals surface area contributed by atoms with Crippen LogP contribution in [0.3, 0.4) is 0 Å². The average molecular weight is 172 g/mol. The molecule has 0 amide bonds. The first kappa shape index (κ1) is 9.96. The second kappa shape index (κ2) is 4.80. The topological polar surface area (TPSA) is 49.5 Å². The molecule has 0 aliphatic carbocycles. The quantitative estimate of drug-likeness (QED) is 0.632. The van der Waals surface area contributed by atoms with Crippen LogP contribution in [-0.4, -0.2) is 42.3 Å². The Bertz CT molecular complexity index is 120. The van der Waals surface area contributed by atoms with Crippen molar-refractivity contribution < 1.29 is 5.11 Å². The van der Waals surface area contributed by atoms with Crippen molar-refractivity contribution in [3.63, 3.8) is 0 Å². The van der Waals surface area contributed by atoms with Gasteiger partial charge in [-0.15, -0.1) is 0 Å². The van der Waals surface area contributed by atoms with E-state index in [0.29, 0.717) is 12.0 Å². The first-order chi connectivity index (χ1) is 5.74. The molecule has 12 heavy (non-hydrogen) atoms. The summed E-state index contributed by atoms with van der Waals surface area (Å²) < 4.78 is 0. The summed E-state index contributed by atoms with van der Waals surface area (Å²) in [6, 6.07) is 0.335. The van der Waals surface area contributed by atoms with E-state index in [1.807, 2.05) is 0 Å². The Kier molecular flexibility index (Phi) is 3.98. The lowest BCUT2D eigenvalue weighted by Gasteiger charge is -2.33. The normalized spacial score (nSPS) is 24.2. The highest BCUT2D eigenvalue weighted by Crippen LogP contribution is 2.18. The van der Waals surface area contributed by atoms with Gasteiger partial charge in [-0.2, -0.15) is 0 Å². The van der Waals surface area contributed by atoms with Crippen molar-refractivity contribution in [1.29, 1.82) is 0 Å². The van der Waals surface area contributed by atoms with E-state index in [4.69, 9.17) is 10.8 Å². The van der Waals surface area contributed by atoms with Crippen LogP contribution in [0.5, 0.6) is 0 Å². The number of likely N-dealkylation sites (tertiary alicyclic amines) is 1. The van der Waals surface area contributed by atoms with Crippen LogP contribution < -0.4 is 5.73 Å². The number of hydrogen-bond donors (Lipinski definition) is 2. The van der Waals surface area contributed by atoms with Crippen LogP contribution >= 0.6 is 0 Å². The summed E-state index contributed by atoms with van der Waals surface area (Å²) in [6.45, 7) is 5.40. The van der Waals surface area contributed by atoms with Crippen LogP contribution in [0, 0.1) is 5.92 Å². The number of nitrogens with zero attached hydrogens (tertiary/aromatic N) is 1. The maximum absolute atomic E-state index is 8.73. The molecule has 3 nitrogen and oxygen atoms in total. The molecule has 0 saturated carbocycles. The van der Waals surface area contributed by atoms with Crippen molar-refractivity contribution in [3.8, 4) is 0 Å². The first-order valence-electron chi connectivity index (χ1n) is 4.83. The number of rotatable bonds is 3. The summed E-state index contributed by atoms with van der Waals surface area (Å²) in [6.07, 6.45) is 2.38. The molecule has 0 bridgehead atoms. The molecule has 3 N–H and O–H groups in total. The predicted molar refractivity (Wildman–Crippen MR) is 49.9 cm³/mol. The van der Waals surface area contributed by atoms with Crippen molar-refractivity contribution in [2.45, 2.75) is 25.8 Å². The molecule has 1 fully saturated rings. The lowest BCUT2D eigenvalue weighted by atomic mass is 9.91. The van der Waals surface area contributed by atoms with Gasteiger partial charge in [0, 0.05) is 12.6 Å². The smallest absolute Gasteiger partial charge is 0.0558 e. The van der Waals surface area contributed by atoms with Gasteiger partial charge in [-0.1, -0.05) is 0 Å². The summed E-state index contributed by atoms with van der Waals surface area (Å²) in [5.74, 6) is 0.694. The van der Waals surface area contributed by atoms with Crippen molar-refractivity contribution >= 4 is 0 Å². The molecule has 0 aromatic heterocycles. The summed E-state index contributed by atoms with van der Waals surface area (Å²) in [5.41, 5.74) is 5.82. The molecule has 72 valence electrons. The van der Waals surface area contributed by atoms with E-state index in [0.717, 1.165) is 19.6 Å². The van der Waals surface area contributed by atoms with Crippen molar-refractivity contribution in [1.82, 2.24) is 4.90 Å². The maximum Gasteiger partial charge on any atom is 0.0558 e. The minimum absolute atomic E-state index is 0.281. The number of aliphatic hydroxyl groups excluding tert-OH is 1. The van der Waals surface area contributed by atoms with Crippen LogP contribution in [0.1, 0.15) is 19.8 Å².